The summed E-state index contributed by atoms with van der Waals surface area (Å²) in [5, 5.41) is 10.6. The number of nitrogens with zero attached hydrogens (tertiary/aromatic N) is 2. The molecule has 4 rings (SSSR count). The molecule has 1 N–H and O–H groups in total. The molecule has 0 bridgehead atoms. The average Bonchev–Trinajstić information content (AvgIpc) is 2.90. The zero-order valence-corrected chi connectivity index (χ0v) is 21.2. The molecule has 0 aliphatic rings. The van der Waals surface area contributed by atoms with Gasteiger partial charge in [-0.15, -0.1) is 0 Å². The summed E-state index contributed by atoms with van der Waals surface area (Å²) >= 11 is 1.57. The number of aromatic hydroxyl groups is 1. The van der Waals surface area contributed by atoms with Gasteiger partial charge in [0.2, 0.25) is 0 Å². The minimum atomic E-state index is -0.262. The monoisotopic (exact) mass is 500 g/mol. The number of phenolic OH excluding ortho intramolecular Hbond substituents is 1. The maximum Gasteiger partial charge on any atom is 0.165 e. The Morgan fingerprint density at radius 2 is 1.47 bits per heavy atom. The number of aliphatic imine (C=N–C) groups is 1. The Kier molecular flexibility index (Phi) is 8.63. The molecule has 36 heavy (non-hydrogen) atoms. The number of amidine groups is 1. The molecule has 0 aliphatic heterocycles. The van der Waals surface area contributed by atoms with Crippen LogP contribution in [0, 0.1) is 12.7 Å². The highest BCUT2D eigenvalue weighted by Crippen LogP contribution is 2.28. The summed E-state index contributed by atoms with van der Waals surface area (Å²) in [5.41, 5.74) is 4.36. The number of ether oxygens (including phenoxy) is 1. The molecule has 0 fully saturated rings. The van der Waals surface area contributed by atoms with Crippen molar-refractivity contribution in [2.24, 2.45) is 4.99 Å². The fraction of sp³-hybridized carbons (Fsp3) is 0.167. The maximum absolute atomic E-state index is 13.4. The Bertz CT molecular complexity index is 1240. The second-order valence-corrected chi connectivity index (χ2v) is 9.56. The Morgan fingerprint density at radius 3 is 2.11 bits per heavy atom. The third-order valence-corrected chi connectivity index (χ3v) is 6.69. The minimum Gasteiger partial charge on any atom is -0.508 e. The lowest BCUT2D eigenvalue weighted by molar-refractivity contribution is 0.411. The number of hydrogen-bond acceptors (Lipinski definition) is 4. The fourth-order valence-corrected chi connectivity index (χ4v) is 4.56. The van der Waals surface area contributed by atoms with E-state index in [2.05, 4.69) is 36.1 Å². The summed E-state index contributed by atoms with van der Waals surface area (Å²) < 4.78 is 18.9. The van der Waals surface area contributed by atoms with Gasteiger partial charge in [0.05, 0.1) is 13.7 Å². The zero-order chi connectivity index (χ0) is 25.3. The summed E-state index contributed by atoms with van der Waals surface area (Å²) in [6.45, 7) is 3.76. The number of hydrogen-bond donors (Lipinski definition) is 1. The summed E-state index contributed by atoms with van der Waals surface area (Å²) in [5.74, 6) is 0.753. The first-order valence-electron chi connectivity index (χ1n) is 11.7. The molecule has 0 atom stereocenters. The summed E-state index contributed by atoms with van der Waals surface area (Å²) in [7, 11) is 1.65. The van der Waals surface area contributed by atoms with Crippen molar-refractivity contribution in [2.75, 3.05) is 7.11 Å². The molecule has 0 amide bonds. The number of phenols is 1. The highest BCUT2D eigenvalue weighted by molar-refractivity contribution is 8.13. The van der Waals surface area contributed by atoms with E-state index in [1.807, 2.05) is 36.4 Å². The van der Waals surface area contributed by atoms with Crippen LogP contribution in [0.3, 0.4) is 0 Å². The Hall–Kier alpha value is -3.77. The predicted octanol–water partition coefficient (Wildman–Crippen LogP) is 7.20. The molecule has 0 aromatic heterocycles. The number of aryl methyl sites for hydroxylation is 1. The largest absolute Gasteiger partial charge is 0.508 e. The molecular formula is C30H29FN2O2S. The van der Waals surface area contributed by atoms with Crippen molar-refractivity contribution in [3.05, 3.63) is 125 Å². The second-order valence-electron chi connectivity index (χ2n) is 8.51. The molecule has 0 saturated heterocycles. The van der Waals surface area contributed by atoms with E-state index in [1.54, 1.807) is 43.1 Å². The summed E-state index contributed by atoms with van der Waals surface area (Å²) in [6.07, 6.45) is 0. The van der Waals surface area contributed by atoms with Crippen molar-refractivity contribution in [3.8, 4) is 11.5 Å². The van der Waals surface area contributed by atoms with Crippen molar-refractivity contribution >= 4 is 16.9 Å². The molecule has 6 heteroatoms. The molecule has 4 aromatic carbocycles. The molecule has 0 aliphatic carbocycles. The van der Waals surface area contributed by atoms with Crippen LogP contribution in [-0.2, 0) is 19.6 Å². The lowest BCUT2D eigenvalue weighted by Gasteiger charge is -2.26. The van der Waals surface area contributed by atoms with Gasteiger partial charge in [-0.3, -0.25) is 4.99 Å². The van der Waals surface area contributed by atoms with Crippen LogP contribution in [0.25, 0.3) is 0 Å². The van der Waals surface area contributed by atoms with Gasteiger partial charge in [-0.1, -0.05) is 71.9 Å². The van der Waals surface area contributed by atoms with Gasteiger partial charge in [0.1, 0.15) is 17.3 Å². The predicted molar refractivity (Wildman–Crippen MR) is 145 cm³/mol. The van der Waals surface area contributed by atoms with Crippen molar-refractivity contribution < 1.29 is 14.2 Å². The highest BCUT2D eigenvalue weighted by Gasteiger charge is 2.16. The van der Waals surface area contributed by atoms with Gasteiger partial charge in [0, 0.05) is 18.0 Å². The lowest BCUT2D eigenvalue weighted by atomic mass is 10.1. The van der Waals surface area contributed by atoms with E-state index in [-0.39, 0.29) is 11.6 Å². The van der Waals surface area contributed by atoms with E-state index in [4.69, 9.17) is 9.73 Å². The van der Waals surface area contributed by atoms with Crippen LogP contribution >= 0.6 is 11.8 Å². The first-order chi connectivity index (χ1) is 17.5. The van der Waals surface area contributed by atoms with Crippen molar-refractivity contribution in [2.45, 2.75) is 31.5 Å². The molecule has 0 radical (unpaired) electrons. The van der Waals surface area contributed by atoms with E-state index >= 15 is 0 Å². The zero-order valence-electron chi connectivity index (χ0n) is 20.4. The number of rotatable bonds is 8. The molecular weight excluding hydrogens is 471 g/mol. The first-order valence-corrected chi connectivity index (χ1v) is 12.5. The Morgan fingerprint density at radius 1 is 0.861 bits per heavy atom. The van der Waals surface area contributed by atoms with Crippen LogP contribution in [0.15, 0.2) is 107 Å². The highest BCUT2D eigenvalue weighted by atomic mass is 32.2. The third kappa shape index (κ3) is 7.36. The van der Waals surface area contributed by atoms with Crippen LogP contribution in [0.5, 0.6) is 11.5 Å². The third-order valence-electron chi connectivity index (χ3n) is 5.63. The van der Waals surface area contributed by atoms with Gasteiger partial charge in [-0.25, -0.2) is 4.39 Å². The quantitative estimate of drug-likeness (QED) is 0.158. The molecule has 0 saturated carbocycles. The van der Waals surface area contributed by atoms with E-state index in [0.717, 1.165) is 26.9 Å². The topological polar surface area (TPSA) is 45.1 Å². The van der Waals surface area contributed by atoms with Crippen molar-refractivity contribution in [3.63, 3.8) is 0 Å². The van der Waals surface area contributed by atoms with Crippen LogP contribution in [-0.4, -0.2) is 22.3 Å². The van der Waals surface area contributed by atoms with Gasteiger partial charge in [-0.2, -0.15) is 0 Å². The van der Waals surface area contributed by atoms with Crippen molar-refractivity contribution in [1.82, 2.24) is 4.90 Å². The number of thioether (sulfide) groups is 1. The molecule has 4 aromatic rings. The number of benzene rings is 4. The van der Waals surface area contributed by atoms with Crippen molar-refractivity contribution in [1.29, 1.82) is 0 Å². The molecule has 4 nitrogen and oxygen atoms in total. The van der Waals surface area contributed by atoms with Gasteiger partial charge >= 0.3 is 0 Å². The second kappa shape index (κ2) is 12.3. The van der Waals surface area contributed by atoms with E-state index in [9.17, 15) is 9.50 Å². The lowest BCUT2D eigenvalue weighted by Crippen LogP contribution is -2.28. The molecule has 0 spiro atoms. The van der Waals surface area contributed by atoms with Gasteiger partial charge in [0.25, 0.3) is 0 Å². The summed E-state index contributed by atoms with van der Waals surface area (Å²) in [4.78, 5) is 8.23. The van der Waals surface area contributed by atoms with Gasteiger partial charge < -0.3 is 14.7 Å². The smallest absolute Gasteiger partial charge is 0.165 e. The fourth-order valence-electron chi connectivity index (χ4n) is 3.64. The standard InChI is InChI=1S/C30H29FN2O2S/c1-22-6-8-24(9-7-22)20-33(21-25-12-16-27(34)17-13-25)30(32-19-23-10-14-26(31)15-11-23)36-29-5-3-4-28(18-29)35-2/h3-18,34H,19-21H2,1-2H3. The number of halogens is 1. The SMILES string of the molecule is COc1cccc(SC(=NCc2ccc(F)cc2)N(Cc2ccc(C)cc2)Cc2ccc(O)cc2)c1. The molecule has 0 heterocycles. The van der Waals surface area contributed by atoms with Crippen LogP contribution < -0.4 is 4.74 Å². The average molecular weight is 501 g/mol. The first kappa shape index (κ1) is 25.3. The van der Waals surface area contributed by atoms with E-state index in [0.29, 0.717) is 19.6 Å². The van der Waals surface area contributed by atoms with Crippen LogP contribution in [0.2, 0.25) is 0 Å². The Balaban J connectivity index is 1.70. The number of methoxy groups -OCH3 is 1. The molecule has 0 unspecified atom stereocenters. The van der Waals surface area contributed by atoms with E-state index in [1.165, 1.54) is 23.3 Å². The summed E-state index contributed by atoms with van der Waals surface area (Å²) in [6, 6.07) is 30.1. The van der Waals surface area contributed by atoms with Gasteiger partial charge in [-0.05, 0) is 66.1 Å². The van der Waals surface area contributed by atoms with E-state index < -0.39 is 0 Å². The van der Waals surface area contributed by atoms with Crippen LogP contribution in [0.4, 0.5) is 4.39 Å². The maximum atomic E-state index is 13.4. The van der Waals surface area contributed by atoms with Crippen LogP contribution in [0.1, 0.15) is 22.3 Å². The normalized spacial score (nSPS) is 11.4. The van der Waals surface area contributed by atoms with Gasteiger partial charge in [0.15, 0.2) is 5.17 Å². The molecule has 184 valence electrons. The minimum absolute atomic E-state index is 0.236. The Labute approximate surface area is 216 Å².